The fourth-order valence-electron chi connectivity index (χ4n) is 1.93. The molecule has 19 heavy (non-hydrogen) atoms. The van der Waals surface area contributed by atoms with Gasteiger partial charge in [0.25, 0.3) is 0 Å². The number of nitrogens with one attached hydrogen (secondary N) is 1. The Hall–Kier alpha value is -2.14. The molecule has 3 rings (SSSR count). The molecule has 0 aliphatic rings. The van der Waals surface area contributed by atoms with E-state index in [1.807, 2.05) is 42.1 Å². The summed E-state index contributed by atoms with van der Waals surface area (Å²) >= 11 is 1.70. The zero-order chi connectivity index (χ0) is 13.2. The third-order valence-corrected chi connectivity index (χ3v) is 3.67. The van der Waals surface area contributed by atoms with Gasteiger partial charge in [0.15, 0.2) is 0 Å². The van der Waals surface area contributed by atoms with Gasteiger partial charge in [-0.1, -0.05) is 6.07 Å². The fourth-order valence-corrected chi connectivity index (χ4v) is 2.70. The molecule has 1 aromatic carbocycles. The lowest BCUT2D eigenvalue weighted by Crippen LogP contribution is -1.97. The highest BCUT2D eigenvalue weighted by atomic mass is 32.1. The van der Waals surface area contributed by atoms with Gasteiger partial charge in [-0.3, -0.25) is 0 Å². The van der Waals surface area contributed by atoms with Crippen molar-refractivity contribution in [1.29, 1.82) is 0 Å². The molecule has 1 N–H and O–H groups in total. The van der Waals surface area contributed by atoms with Crippen LogP contribution in [0.4, 0.5) is 11.5 Å². The minimum absolute atomic E-state index is 0.931. The molecule has 0 saturated carbocycles. The van der Waals surface area contributed by atoms with Crippen LogP contribution in [0.2, 0.25) is 0 Å². The molecule has 0 saturated heterocycles. The van der Waals surface area contributed by atoms with Crippen molar-refractivity contribution in [3.63, 3.8) is 0 Å². The average Bonchev–Trinajstić information content (AvgIpc) is 3.01. The van der Waals surface area contributed by atoms with Gasteiger partial charge in [0.2, 0.25) is 0 Å². The van der Waals surface area contributed by atoms with Gasteiger partial charge in [-0.2, -0.15) is 5.10 Å². The first-order chi connectivity index (χ1) is 9.22. The van der Waals surface area contributed by atoms with E-state index in [1.165, 1.54) is 4.88 Å². The highest BCUT2D eigenvalue weighted by molar-refractivity contribution is 7.12. The Kier molecular flexibility index (Phi) is 3.05. The summed E-state index contributed by atoms with van der Waals surface area (Å²) in [5.41, 5.74) is 2.04. The average molecular weight is 270 g/mol. The lowest BCUT2D eigenvalue weighted by Gasteiger charge is -2.07. The van der Waals surface area contributed by atoms with Crippen molar-refractivity contribution in [2.75, 3.05) is 5.32 Å². The largest absolute Gasteiger partial charge is 0.339 e. The van der Waals surface area contributed by atoms with E-state index < -0.39 is 0 Å². The summed E-state index contributed by atoms with van der Waals surface area (Å²) in [6, 6.07) is 10.0. The second-order valence-electron chi connectivity index (χ2n) is 4.26. The van der Waals surface area contributed by atoms with Gasteiger partial charge < -0.3 is 5.32 Å². The Morgan fingerprint density at radius 2 is 2.11 bits per heavy atom. The van der Waals surface area contributed by atoms with Crippen molar-refractivity contribution in [3.05, 3.63) is 52.6 Å². The maximum absolute atomic E-state index is 4.48. The molecule has 3 aromatic rings. The minimum atomic E-state index is 0.931. The first kappa shape index (κ1) is 11.9. The Bertz CT molecular complexity index is 685. The lowest BCUT2D eigenvalue weighted by atomic mass is 10.2. The molecule has 4 nitrogen and oxygen atoms in total. The van der Waals surface area contributed by atoms with E-state index in [-0.39, 0.29) is 0 Å². The molecule has 5 heteroatoms. The van der Waals surface area contributed by atoms with Crippen LogP contribution in [-0.2, 0) is 0 Å². The molecular formula is C14H14N4S. The summed E-state index contributed by atoms with van der Waals surface area (Å²) in [6.45, 7) is 4.09. The Morgan fingerprint density at radius 3 is 2.79 bits per heavy atom. The predicted octanol–water partition coefficient (Wildman–Crippen LogP) is 3.69. The van der Waals surface area contributed by atoms with Gasteiger partial charge in [-0.15, -0.1) is 11.3 Å². The topological polar surface area (TPSA) is 42.7 Å². The summed E-state index contributed by atoms with van der Waals surface area (Å²) in [7, 11) is 0. The van der Waals surface area contributed by atoms with Crippen molar-refractivity contribution in [1.82, 2.24) is 14.8 Å². The van der Waals surface area contributed by atoms with Crippen LogP contribution in [0, 0.1) is 13.8 Å². The van der Waals surface area contributed by atoms with Crippen LogP contribution in [-0.4, -0.2) is 14.8 Å². The number of anilines is 2. The van der Waals surface area contributed by atoms with E-state index >= 15 is 0 Å². The van der Waals surface area contributed by atoms with E-state index in [1.54, 1.807) is 17.5 Å². The molecule has 0 aliphatic carbocycles. The Labute approximate surface area is 115 Å². The number of rotatable bonds is 3. The third kappa shape index (κ3) is 2.51. The van der Waals surface area contributed by atoms with Gasteiger partial charge in [0.1, 0.15) is 5.82 Å². The quantitative estimate of drug-likeness (QED) is 0.789. The first-order valence-electron chi connectivity index (χ1n) is 6.03. The van der Waals surface area contributed by atoms with Crippen LogP contribution >= 0.6 is 11.3 Å². The summed E-state index contributed by atoms with van der Waals surface area (Å²) in [5.74, 6) is 0.931. The predicted molar refractivity (Wildman–Crippen MR) is 78.4 cm³/mol. The molecule has 0 fully saturated rings. The minimum Gasteiger partial charge on any atom is -0.339 e. The molecule has 0 bridgehead atoms. The smallest absolute Gasteiger partial charge is 0.144 e. The first-order valence-corrected chi connectivity index (χ1v) is 6.85. The van der Waals surface area contributed by atoms with Crippen molar-refractivity contribution in [2.24, 2.45) is 0 Å². The van der Waals surface area contributed by atoms with E-state index in [0.717, 1.165) is 22.2 Å². The monoisotopic (exact) mass is 270 g/mol. The second kappa shape index (κ2) is 4.85. The summed E-state index contributed by atoms with van der Waals surface area (Å²) < 4.78 is 1.84. The third-order valence-electron chi connectivity index (χ3n) is 2.78. The van der Waals surface area contributed by atoms with Gasteiger partial charge >= 0.3 is 0 Å². The maximum Gasteiger partial charge on any atom is 0.144 e. The standard InChI is InChI=1S/C14H14N4S/c1-10-14(16-11(2)19-10)17-12-5-3-6-13(9-12)18-8-4-7-15-18/h3-9,17H,1-2H3. The van der Waals surface area contributed by atoms with Gasteiger partial charge in [-0.05, 0) is 38.1 Å². The summed E-state index contributed by atoms with van der Waals surface area (Å²) in [6.07, 6.45) is 3.70. The number of thiazole rings is 1. The van der Waals surface area contributed by atoms with Crippen LogP contribution in [0.3, 0.4) is 0 Å². The van der Waals surface area contributed by atoms with Gasteiger partial charge in [0.05, 0.1) is 10.7 Å². The molecular weight excluding hydrogens is 256 g/mol. The van der Waals surface area contributed by atoms with Crippen molar-refractivity contribution in [3.8, 4) is 5.69 Å². The normalized spacial score (nSPS) is 10.6. The van der Waals surface area contributed by atoms with Crippen LogP contribution in [0.1, 0.15) is 9.88 Å². The van der Waals surface area contributed by atoms with Crippen LogP contribution in [0.15, 0.2) is 42.7 Å². The number of hydrogen-bond acceptors (Lipinski definition) is 4. The molecule has 0 spiro atoms. The zero-order valence-corrected chi connectivity index (χ0v) is 11.6. The SMILES string of the molecule is Cc1nc(Nc2cccc(-n3cccn3)c2)c(C)s1. The highest BCUT2D eigenvalue weighted by Crippen LogP contribution is 2.25. The van der Waals surface area contributed by atoms with Crippen LogP contribution < -0.4 is 5.32 Å². The summed E-state index contributed by atoms with van der Waals surface area (Å²) in [5, 5.41) is 8.66. The van der Waals surface area contributed by atoms with Crippen LogP contribution in [0.5, 0.6) is 0 Å². The number of benzene rings is 1. The molecule has 2 aromatic heterocycles. The van der Waals surface area contributed by atoms with E-state index in [4.69, 9.17) is 0 Å². The number of nitrogens with zero attached hydrogens (tertiary/aromatic N) is 3. The maximum atomic E-state index is 4.48. The Morgan fingerprint density at radius 1 is 1.21 bits per heavy atom. The van der Waals surface area contributed by atoms with Gasteiger partial charge in [0, 0.05) is 23.0 Å². The molecule has 2 heterocycles. The van der Waals surface area contributed by atoms with E-state index in [2.05, 4.69) is 28.4 Å². The second-order valence-corrected chi connectivity index (χ2v) is 5.67. The van der Waals surface area contributed by atoms with E-state index in [9.17, 15) is 0 Å². The highest BCUT2D eigenvalue weighted by Gasteiger charge is 2.05. The number of aryl methyl sites for hydroxylation is 2. The van der Waals surface area contributed by atoms with E-state index in [0.29, 0.717) is 0 Å². The number of aromatic nitrogens is 3. The molecule has 0 aliphatic heterocycles. The molecule has 0 radical (unpaired) electrons. The van der Waals surface area contributed by atoms with Crippen LogP contribution in [0.25, 0.3) is 5.69 Å². The zero-order valence-electron chi connectivity index (χ0n) is 10.8. The molecule has 0 atom stereocenters. The molecule has 0 amide bonds. The van der Waals surface area contributed by atoms with Gasteiger partial charge in [-0.25, -0.2) is 9.67 Å². The molecule has 96 valence electrons. The summed E-state index contributed by atoms with van der Waals surface area (Å²) in [4.78, 5) is 5.68. The Balaban J connectivity index is 1.90. The molecule has 0 unspecified atom stereocenters. The van der Waals surface area contributed by atoms with Crippen molar-refractivity contribution < 1.29 is 0 Å². The van der Waals surface area contributed by atoms with Crippen molar-refractivity contribution >= 4 is 22.8 Å². The fraction of sp³-hybridized carbons (Fsp3) is 0.143. The van der Waals surface area contributed by atoms with Crippen molar-refractivity contribution in [2.45, 2.75) is 13.8 Å². The number of hydrogen-bond donors (Lipinski definition) is 1. The lowest BCUT2D eigenvalue weighted by molar-refractivity contribution is 0.881.